The number of carbonyl (C=O) groups is 1. The number of carbonyl (C=O) groups excluding carboxylic acids is 1. The largest absolute Gasteiger partial charge is 0.497 e. The Kier molecular flexibility index (Phi) is 4.77. The van der Waals surface area contributed by atoms with Crippen molar-refractivity contribution >= 4 is 11.6 Å². The van der Waals surface area contributed by atoms with Gasteiger partial charge in [-0.05, 0) is 62.1 Å². The molecule has 1 aliphatic rings. The van der Waals surface area contributed by atoms with Gasteiger partial charge in [0, 0.05) is 16.9 Å². The summed E-state index contributed by atoms with van der Waals surface area (Å²) in [6.45, 7) is 0. The van der Waals surface area contributed by atoms with Crippen LogP contribution in [0.25, 0.3) is 0 Å². The molecule has 118 valence electrons. The average Bonchev–Trinajstić information content (AvgIpc) is 2.64. The van der Waals surface area contributed by atoms with Gasteiger partial charge in [0.2, 0.25) is 0 Å². The topological polar surface area (TPSA) is 29.5 Å². The molecule has 0 atom stereocenters. The van der Waals surface area contributed by atoms with Crippen LogP contribution in [-0.4, -0.2) is 13.0 Å². The Balaban J connectivity index is 1.96. The Morgan fingerprint density at radius 2 is 1.74 bits per heavy atom. The van der Waals surface area contributed by atoms with Crippen molar-refractivity contribution in [3.05, 3.63) is 71.9 Å². The van der Waals surface area contributed by atoms with E-state index in [4.69, 9.17) is 4.74 Å². The molecule has 0 fully saturated rings. The fraction of sp³-hybridized carbons (Fsp3) is 0.250. The van der Waals surface area contributed by atoms with Crippen LogP contribution in [0.5, 0.6) is 5.75 Å². The Labute approximate surface area is 137 Å². The first-order chi connectivity index (χ1) is 11.3. The highest BCUT2D eigenvalue weighted by Gasteiger charge is 2.22. The molecule has 2 aromatic carbocycles. The van der Waals surface area contributed by atoms with Gasteiger partial charge in [0.05, 0.1) is 7.11 Å². The third kappa shape index (κ3) is 3.45. The molecule has 0 saturated heterocycles. The zero-order valence-corrected chi connectivity index (χ0v) is 13.4. The summed E-state index contributed by atoms with van der Waals surface area (Å²) in [7, 11) is 1.62. The summed E-state index contributed by atoms with van der Waals surface area (Å²) in [5, 5.41) is 0. The minimum atomic E-state index is 0.00648. The van der Waals surface area contributed by atoms with Gasteiger partial charge in [0.25, 0.3) is 5.91 Å². The van der Waals surface area contributed by atoms with Gasteiger partial charge in [0.1, 0.15) is 5.75 Å². The van der Waals surface area contributed by atoms with E-state index in [0.717, 1.165) is 36.4 Å². The lowest BCUT2D eigenvalue weighted by molar-refractivity contribution is 0.0993. The maximum absolute atomic E-state index is 13.1. The molecule has 0 radical (unpaired) electrons. The number of benzene rings is 2. The van der Waals surface area contributed by atoms with Gasteiger partial charge in [-0.1, -0.05) is 24.3 Å². The molecule has 0 aliphatic heterocycles. The maximum Gasteiger partial charge on any atom is 0.262 e. The first-order valence-corrected chi connectivity index (χ1v) is 8.02. The number of hydrogen-bond acceptors (Lipinski definition) is 2. The second kappa shape index (κ2) is 7.14. The van der Waals surface area contributed by atoms with Crippen LogP contribution < -0.4 is 9.64 Å². The van der Waals surface area contributed by atoms with E-state index in [2.05, 4.69) is 6.08 Å². The Morgan fingerprint density at radius 3 is 2.35 bits per heavy atom. The molecule has 0 bridgehead atoms. The number of amides is 1. The van der Waals surface area contributed by atoms with Gasteiger partial charge in [0.15, 0.2) is 0 Å². The Bertz CT molecular complexity index is 689. The van der Waals surface area contributed by atoms with Gasteiger partial charge in [-0.2, -0.15) is 0 Å². The van der Waals surface area contributed by atoms with E-state index in [-0.39, 0.29) is 5.91 Å². The van der Waals surface area contributed by atoms with Gasteiger partial charge in [-0.15, -0.1) is 0 Å². The van der Waals surface area contributed by atoms with E-state index in [9.17, 15) is 4.79 Å². The zero-order chi connectivity index (χ0) is 16.1. The standard InChI is InChI=1S/C20H21NO2/c1-23-19-14-12-16(13-15-19)20(22)21(17-8-4-2-5-9-17)18-10-6-3-7-11-18/h2,4-5,8-10,12-15H,3,6-7,11H2,1H3. The Hall–Kier alpha value is -2.55. The second-order valence-electron chi connectivity index (χ2n) is 5.65. The van der Waals surface area contributed by atoms with Crippen molar-refractivity contribution in [1.82, 2.24) is 0 Å². The van der Waals surface area contributed by atoms with Crippen LogP contribution in [0.1, 0.15) is 36.0 Å². The lowest BCUT2D eigenvalue weighted by Crippen LogP contribution is -2.31. The van der Waals surface area contributed by atoms with Crippen molar-refractivity contribution in [2.45, 2.75) is 25.7 Å². The van der Waals surface area contributed by atoms with E-state index in [0.29, 0.717) is 5.56 Å². The van der Waals surface area contributed by atoms with E-state index < -0.39 is 0 Å². The second-order valence-corrected chi connectivity index (χ2v) is 5.65. The minimum Gasteiger partial charge on any atom is -0.497 e. The highest BCUT2D eigenvalue weighted by Crippen LogP contribution is 2.28. The van der Waals surface area contributed by atoms with Crippen molar-refractivity contribution in [3.8, 4) is 5.75 Å². The molecule has 3 rings (SSSR count). The molecule has 0 aromatic heterocycles. The fourth-order valence-electron chi connectivity index (χ4n) is 2.88. The third-order valence-electron chi connectivity index (χ3n) is 4.11. The third-order valence-corrected chi connectivity index (χ3v) is 4.11. The number of anilines is 1. The van der Waals surface area contributed by atoms with Gasteiger partial charge in [-0.25, -0.2) is 0 Å². The van der Waals surface area contributed by atoms with Crippen molar-refractivity contribution in [3.63, 3.8) is 0 Å². The van der Waals surface area contributed by atoms with Gasteiger partial charge in [-0.3, -0.25) is 9.69 Å². The number of ether oxygens (including phenoxy) is 1. The van der Waals surface area contributed by atoms with Crippen molar-refractivity contribution in [1.29, 1.82) is 0 Å². The molecular weight excluding hydrogens is 286 g/mol. The van der Waals surface area contributed by atoms with Crippen LogP contribution in [0.3, 0.4) is 0 Å². The molecule has 0 N–H and O–H groups in total. The molecule has 1 aliphatic carbocycles. The number of hydrogen-bond donors (Lipinski definition) is 0. The Morgan fingerprint density at radius 1 is 1.00 bits per heavy atom. The number of nitrogens with zero attached hydrogens (tertiary/aromatic N) is 1. The predicted octanol–water partition coefficient (Wildman–Crippen LogP) is 4.80. The van der Waals surface area contributed by atoms with Crippen molar-refractivity contribution in [2.75, 3.05) is 12.0 Å². The van der Waals surface area contributed by atoms with Crippen LogP contribution in [0.15, 0.2) is 66.4 Å². The van der Waals surface area contributed by atoms with Crippen LogP contribution >= 0.6 is 0 Å². The average molecular weight is 307 g/mol. The molecule has 2 aromatic rings. The number of allylic oxidation sites excluding steroid dienone is 2. The summed E-state index contributed by atoms with van der Waals surface area (Å²) < 4.78 is 5.17. The van der Waals surface area contributed by atoms with E-state index in [1.165, 1.54) is 6.42 Å². The highest BCUT2D eigenvalue weighted by molar-refractivity contribution is 6.08. The summed E-state index contributed by atoms with van der Waals surface area (Å²) >= 11 is 0. The van der Waals surface area contributed by atoms with Gasteiger partial charge >= 0.3 is 0 Å². The summed E-state index contributed by atoms with van der Waals surface area (Å²) in [6, 6.07) is 17.2. The molecule has 0 heterocycles. The van der Waals surface area contributed by atoms with Gasteiger partial charge < -0.3 is 4.74 Å². The first kappa shape index (κ1) is 15.3. The first-order valence-electron chi connectivity index (χ1n) is 8.02. The highest BCUT2D eigenvalue weighted by atomic mass is 16.5. The SMILES string of the molecule is COc1ccc(C(=O)N(C2=CCCCC2)c2ccccc2)cc1. The fourth-order valence-corrected chi connectivity index (χ4v) is 2.88. The molecule has 0 unspecified atom stereocenters. The van der Waals surface area contributed by atoms with Crippen LogP contribution in [0.4, 0.5) is 5.69 Å². The van der Waals surface area contributed by atoms with E-state index in [1.807, 2.05) is 59.5 Å². The van der Waals surface area contributed by atoms with E-state index >= 15 is 0 Å². The minimum absolute atomic E-state index is 0.00648. The zero-order valence-electron chi connectivity index (χ0n) is 13.4. The molecule has 3 nitrogen and oxygen atoms in total. The predicted molar refractivity (Wildman–Crippen MR) is 92.8 cm³/mol. The van der Waals surface area contributed by atoms with Crippen molar-refractivity contribution in [2.24, 2.45) is 0 Å². The molecule has 23 heavy (non-hydrogen) atoms. The molecule has 0 saturated carbocycles. The molecular formula is C20H21NO2. The maximum atomic E-state index is 13.1. The number of para-hydroxylation sites is 1. The smallest absolute Gasteiger partial charge is 0.262 e. The van der Waals surface area contributed by atoms with E-state index in [1.54, 1.807) is 7.11 Å². The van der Waals surface area contributed by atoms with Crippen LogP contribution in [0, 0.1) is 0 Å². The van der Waals surface area contributed by atoms with Crippen LogP contribution in [-0.2, 0) is 0 Å². The summed E-state index contributed by atoms with van der Waals surface area (Å²) in [6.07, 6.45) is 6.50. The summed E-state index contributed by atoms with van der Waals surface area (Å²) in [4.78, 5) is 14.9. The number of methoxy groups -OCH3 is 1. The molecule has 1 amide bonds. The quantitative estimate of drug-likeness (QED) is 0.812. The summed E-state index contributed by atoms with van der Waals surface area (Å²) in [5.74, 6) is 0.761. The number of rotatable bonds is 4. The summed E-state index contributed by atoms with van der Waals surface area (Å²) in [5.41, 5.74) is 2.69. The lowest BCUT2D eigenvalue weighted by atomic mass is 10.0. The van der Waals surface area contributed by atoms with Crippen molar-refractivity contribution < 1.29 is 9.53 Å². The molecule has 0 spiro atoms. The monoisotopic (exact) mass is 307 g/mol. The molecule has 3 heteroatoms. The van der Waals surface area contributed by atoms with Crippen LogP contribution in [0.2, 0.25) is 0 Å². The lowest BCUT2D eigenvalue weighted by Gasteiger charge is -2.28. The normalized spacial score (nSPS) is 14.0.